The Bertz CT molecular complexity index is 1220. The third-order valence-corrected chi connectivity index (χ3v) is 7.48. The largest absolute Gasteiger partial charge is 0.335 e. The zero-order chi connectivity index (χ0) is 23.5. The molecule has 0 aliphatic carbocycles. The minimum absolute atomic E-state index is 0.0941. The van der Waals surface area contributed by atoms with Crippen LogP contribution in [0.5, 0.6) is 0 Å². The van der Waals surface area contributed by atoms with Crippen molar-refractivity contribution < 1.29 is 13.2 Å². The lowest BCUT2D eigenvalue weighted by Crippen LogP contribution is -2.22. The van der Waals surface area contributed by atoms with E-state index in [2.05, 4.69) is 29.4 Å². The van der Waals surface area contributed by atoms with Gasteiger partial charge in [-0.15, -0.1) is 10.2 Å². The molecule has 0 aliphatic heterocycles. The van der Waals surface area contributed by atoms with Gasteiger partial charge in [-0.2, -0.15) is 0 Å². The van der Waals surface area contributed by atoms with E-state index in [-0.39, 0.29) is 22.5 Å². The van der Waals surface area contributed by atoms with Crippen LogP contribution in [0.1, 0.15) is 25.3 Å². The number of rotatable bonds is 8. The number of carbonyl (C=O) groups is 1. The van der Waals surface area contributed by atoms with Crippen LogP contribution in [-0.2, 0) is 14.8 Å². The molecule has 1 heterocycles. The lowest BCUT2D eigenvalue weighted by Gasteiger charge is -2.13. The highest BCUT2D eigenvalue weighted by Crippen LogP contribution is 2.26. The number of amides is 1. The standard InChI is InChI=1S/C21H26N6O3S2/c1-14(2)17-10-5-6-11-18(17)23-19(28)13-31-21-25-24-20(27(21)22)15-8-7-9-16(12-15)32(29,30)26(3)4/h5-12,14H,13,22H2,1-4H3,(H,23,28). The second-order valence-corrected chi connectivity index (χ2v) is 10.7. The van der Waals surface area contributed by atoms with Crippen molar-refractivity contribution in [1.29, 1.82) is 0 Å². The lowest BCUT2D eigenvalue weighted by molar-refractivity contribution is -0.113. The molecule has 0 unspecified atom stereocenters. The third kappa shape index (κ3) is 5.12. The third-order valence-electron chi connectivity index (χ3n) is 4.72. The molecule has 3 N–H and O–H groups in total. The van der Waals surface area contributed by atoms with Gasteiger partial charge in [-0.3, -0.25) is 4.79 Å². The first-order valence-electron chi connectivity index (χ1n) is 9.86. The van der Waals surface area contributed by atoms with Crippen LogP contribution in [0.25, 0.3) is 11.4 Å². The maximum Gasteiger partial charge on any atom is 0.242 e. The predicted octanol–water partition coefficient (Wildman–Crippen LogP) is 2.76. The second-order valence-electron chi connectivity index (χ2n) is 7.57. The number of nitrogen functional groups attached to an aromatic ring is 1. The molecular formula is C21H26N6O3S2. The fraction of sp³-hybridized carbons (Fsp3) is 0.286. The Kier molecular flexibility index (Phi) is 7.22. The minimum Gasteiger partial charge on any atom is -0.335 e. The molecule has 3 rings (SSSR count). The Balaban J connectivity index is 1.73. The molecule has 0 aliphatic rings. The fourth-order valence-corrected chi connectivity index (χ4v) is 4.61. The van der Waals surface area contributed by atoms with E-state index >= 15 is 0 Å². The smallest absolute Gasteiger partial charge is 0.242 e. The van der Waals surface area contributed by atoms with Crippen molar-refractivity contribution >= 4 is 33.4 Å². The SMILES string of the molecule is CC(C)c1ccccc1NC(=O)CSc1nnc(-c2cccc(S(=O)(=O)N(C)C)c2)n1N. The molecule has 32 heavy (non-hydrogen) atoms. The van der Waals surface area contributed by atoms with E-state index < -0.39 is 10.0 Å². The highest BCUT2D eigenvalue weighted by molar-refractivity contribution is 7.99. The first-order chi connectivity index (χ1) is 15.1. The van der Waals surface area contributed by atoms with Gasteiger partial charge < -0.3 is 11.2 Å². The van der Waals surface area contributed by atoms with Gasteiger partial charge in [0, 0.05) is 25.3 Å². The number of carbonyl (C=O) groups excluding carboxylic acids is 1. The zero-order valence-corrected chi connectivity index (χ0v) is 19.9. The molecule has 0 radical (unpaired) electrons. The maximum atomic E-state index is 12.5. The van der Waals surface area contributed by atoms with Crippen LogP contribution in [0.2, 0.25) is 0 Å². The maximum absolute atomic E-state index is 12.5. The number of nitrogens with one attached hydrogen (secondary N) is 1. The number of benzene rings is 2. The number of hydrogen-bond acceptors (Lipinski definition) is 7. The number of nitrogens with zero attached hydrogens (tertiary/aromatic N) is 4. The summed E-state index contributed by atoms with van der Waals surface area (Å²) in [6.45, 7) is 4.13. The van der Waals surface area contributed by atoms with Gasteiger partial charge in [0.1, 0.15) is 0 Å². The number of nitrogens with two attached hydrogens (primary N) is 1. The summed E-state index contributed by atoms with van der Waals surface area (Å²) in [5, 5.41) is 11.4. The summed E-state index contributed by atoms with van der Waals surface area (Å²) in [5.74, 6) is 6.62. The first kappa shape index (κ1) is 23.8. The highest BCUT2D eigenvalue weighted by Gasteiger charge is 2.20. The van der Waals surface area contributed by atoms with Crippen LogP contribution in [0, 0.1) is 0 Å². The average Bonchev–Trinajstić information content (AvgIpc) is 3.12. The Labute approximate surface area is 192 Å². The molecule has 0 atom stereocenters. The summed E-state index contributed by atoms with van der Waals surface area (Å²) in [5.41, 5.74) is 2.34. The topological polar surface area (TPSA) is 123 Å². The Morgan fingerprint density at radius 1 is 1.16 bits per heavy atom. The van der Waals surface area contributed by atoms with E-state index in [1.165, 1.54) is 30.9 Å². The van der Waals surface area contributed by atoms with Crippen molar-refractivity contribution in [2.75, 3.05) is 31.0 Å². The molecule has 11 heteroatoms. The molecule has 0 spiro atoms. The van der Waals surface area contributed by atoms with Crippen LogP contribution < -0.4 is 11.2 Å². The van der Waals surface area contributed by atoms with E-state index in [1.54, 1.807) is 12.1 Å². The minimum atomic E-state index is -3.60. The van der Waals surface area contributed by atoms with Gasteiger partial charge >= 0.3 is 0 Å². The lowest BCUT2D eigenvalue weighted by atomic mass is 10.0. The van der Waals surface area contributed by atoms with Gasteiger partial charge in [0.05, 0.1) is 10.6 Å². The molecule has 0 saturated carbocycles. The van der Waals surface area contributed by atoms with Crippen molar-refractivity contribution in [2.24, 2.45) is 0 Å². The fourth-order valence-electron chi connectivity index (χ4n) is 3.01. The number of para-hydroxylation sites is 1. The number of sulfonamides is 1. The van der Waals surface area contributed by atoms with Crippen LogP contribution in [-0.4, -0.2) is 53.4 Å². The molecule has 9 nitrogen and oxygen atoms in total. The number of thioether (sulfide) groups is 1. The Hall–Kier alpha value is -2.89. The van der Waals surface area contributed by atoms with Gasteiger partial charge in [-0.05, 0) is 29.7 Å². The number of aromatic nitrogens is 3. The molecule has 170 valence electrons. The zero-order valence-electron chi connectivity index (χ0n) is 18.3. The van der Waals surface area contributed by atoms with E-state index in [0.29, 0.717) is 16.5 Å². The van der Waals surface area contributed by atoms with Crippen LogP contribution in [0.15, 0.2) is 58.6 Å². The van der Waals surface area contributed by atoms with Gasteiger partial charge in [-0.25, -0.2) is 17.4 Å². The van der Waals surface area contributed by atoms with Crippen LogP contribution in [0.3, 0.4) is 0 Å². The van der Waals surface area contributed by atoms with Crippen LogP contribution >= 0.6 is 11.8 Å². The van der Waals surface area contributed by atoms with Crippen molar-refractivity contribution in [1.82, 2.24) is 19.2 Å². The molecule has 0 bridgehead atoms. The summed E-state index contributed by atoms with van der Waals surface area (Å²) >= 11 is 1.14. The normalized spacial score (nSPS) is 11.8. The molecule has 1 aromatic heterocycles. The summed E-state index contributed by atoms with van der Waals surface area (Å²) in [7, 11) is -0.667. The summed E-state index contributed by atoms with van der Waals surface area (Å²) in [6.07, 6.45) is 0. The van der Waals surface area contributed by atoms with Crippen molar-refractivity contribution in [3.05, 3.63) is 54.1 Å². The van der Waals surface area contributed by atoms with Crippen molar-refractivity contribution in [3.8, 4) is 11.4 Å². The monoisotopic (exact) mass is 474 g/mol. The molecule has 1 amide bonds. The molecule has 3 aromatic rings. The molecule has 0 fully saturated rings. The number of anilines is 1. The van der Waals surface area contributed by atoms with Gasteiger partial charge in [0.15, 0.2) is 5.82 Å². The molecule has 0 saturated heterocycles. The Morgan fingerprint density at radius 3 is 2.56 bits per heavy atom. The molecule has 2 aromatic carbocycles. The summed E-state index contributed by atoms with van der Waals surface area (Å²) in [4.78, 5) is 12.6. The van der Waals surface area contributed by atoms with Crippen molar-refractivity contribution in [3.63, 3.8) is 0 Å². The number of hydrogen-bond donors (Lipinski definition) is 2. The Morgan fingerprint density at radius 2 is 1.88 bits per heavy atom. The molecular weight excluding hydrogens is 448 g/mol. The van der Waals surface area contributed by atoms with Gasteiger partial charge in [-0.1, -0.05) is 55.9 Å². The first-order valence-corrected chi connectivity index (χ1v) is 12.3. The van der Waals surface area contributed by atoms with E-state index in [9.17, 15) is 13.2 Å². The summed E-state index contributed by atoms with van der Waals surface area (Å²) < 4.78 is 27.2. The summed E-state index contributed by atoms with van der Waals surface area (Å²) in [6, 6.07) is 14.0. The van der Waals surface area contributed by atoms with E-state index in [1.807, 2.05) is 24.3 Å². The van der Waals surface area contributed by atoms with Crippen LogP contribution in [0.4, 0.5) is 5.69 Å². The van der Waals surface area contributed by atoms with E-state index in [4.69, 9.17) is 5.84 Å². The second kappa shape index (κ2) is 9.72. The highest BCUT2D eigenvalue weighted by atomic mass is 32.2. The predicted molar refractivity (Wildman–Crippen MR) is 126 cm³/mol. The van der Waals surface area contributed by atoms with Gasteiger partial charge in [0.25, 0.3) is 0 Å². The van der Waals surface area contributed by atoms with Crippen molar-refractivity contribution in [2.45, 2.75) is 29.8 Å². The van der Waals surface area contributed by atoms with E-state index in [0.717, 1.165) is 27.3 Å². The quantitative estimate of drug-likeness (QED) is 0.380. The average molecular weight is 475 g/mol. The van der Waals surface area contributed by atoms with Gasteiger partial charge in [0.2, 0.25) is 21.1 Å².